The van der Waals surface area contributed by atoms with E-state index in [2.05, 4.69) is 22.2 Å². The monoisotopic (exact) mass is 427 g/mol. The Morgan fingerprint density at radius 2 is 1.89 bits per heavy atom. The Morgan fingerprint density at radius 3 is 2.56 bits per heavy atom. The maximum Gasteiger partial charge on any atom is 0.269 e. The van der Waals surface area contributed by atoms with Crippen molar-refractivity contribution >= 4 is 46.6 Å². The lowest BCUT2D eigenvalue weighted by Gasteiger charge is -2.10. The Morgan fingerprint density at radius 1 is 1.11 bits per heavy atom. The first-order chi connectivity index (χ1) is 12.8. The van der Waals surface area contributed by atoms with Crippen LogP contribution < -0.4 is 15.4 Å². The summed E-state index contributed by atoms with van der Waals surface area (Å²) in [6, 6.07) is 7.81. The summed E-state index contributed by atoms with van der Waals surface area (Å²) in [5, 5.41) is 6.46. The summed E-state index contributed by atoms with van der Waals surface area (Å²) in [6.07, 6.45) is 1.75. The molecular formula is C18H16Cl3N3O3. The zero-order chi connectivity index (χ0) is 19.8. The van der Waals surface area contributed by atoms with Crippen LogP contribution in [0.25, 0.3) is 0 Å². The topological polar surface area (TPSA) is 80.3 Å². The highest BCUT2D eigenvalue weighted by atomic mass is 35.5. The predicted molar refractivity (Wildman–Crippen MR) is 105 cm³/mol. The highest BCUT2D eigenvalue weighted by Crippen LogP contribution is 2.26. The van der Waals surface area contributed by atoms with Crippen molar-refractivity contribution in [3.63, 3.8) is 0 Å². The number of carbonyl (C=O) groups is 2. The average molecular weight is 429 g/mol. The molecule has 0 fully saturated rings. The minimum atomic E-state index is -0.378. The fraction of sp³-hybridized carbons (Fsp3) is 0.167. The number of pyridine rings is 1. The number of aromatic nitrogens is 1. The van der Waals surface area contributed by atoms with Gasteiger partial charge in [-0.15, -0.1) is 0 Å². The molecule has 2 aromatic rings. The molecule has 0 aliphatic rings. The van der Waals surface area contributed by atoms with E-state index in [4.69, 9.17) is 39.5 Å². The molecule has 0 spiro atoms. The molecule has 0 saturated heterocycles. The lowest BCUT2D eigenvalue weighted by Crippen LogP contribution is -2.31. The molecule has 27 heavy (non-hydrogen) atoms. The van der Waals surface area contributed by atoms with E-state index in [-0.39, 0.29) is 30.7 Å². The smallest absolute Gasteiger partial charge is 0.269 e. The first kappa shape index (κ1) is 21.0. The molecular weight excluding hydrogens is 413 g/mol. The molecule has 0 atom stereocenters. The van der Waals surface area contributed by atoms with Crippen LogP contribution in [0.15, 0.2) is 48.8 Å². The Kier molecular flexibility index (Phi) is 7.91. The van der Waals surface area contributed by atoms with Crippen molar-refractivity contribution in [2.24, 2.45) is 0 Å². The van der Waals surface area contributed by atoms with Crippen LogP contribution >= 0.6 is 34.8 Å². The van der Waals surface area contributed by atoms with Gasteiger partial charge < -0.3 is 15.4 Å². The van der Waals surface area contributed by atoms with Gasteiger partial charge in [0.15, 0.2) is 6.61 Å². The number of hydrogen-bond acceptors (Lipinski definition) is 4. The van der Waals surface area contributed by atoms with Crippen LogP contribution in [-0.4, -0.2) is 29.9 Å². The highest BCUT2D eigenvalue weighted by Gasteiger charge is 2.08. The van der Waals surface area contributed by atoms with Gasteiger partial charge in [0, 0.05) is 30.9 Å². The number of hydrogen-bond donors (Lipinski definition) is 2. The number of amides is 2. The fourth-order valence-corrected chi connectivity index (χ4v) is 2.34. The van der Waals surface area contributed by atoms with E-state index in [1.54, 1.807) is 18.2 Å². The standard InChI is InChI=1S/C18H16Cl3N3O3/c1-11(6-7-22-18(26)16-5-2-12(19)9-23-16)24-17(25)10-27-13-3-4-14(20)15(21)8-13/h2-5,8-9H,1,6-7,10H2,(H,22,26)(H,24,25). The third kappa shape index (κ3) is 7.09. The number of carbonyl (C=O) groups excluding carboxylic acids is 2. The van der Waals surface area contributed by atoms with Crippen molar-refractivity contribution in [1.82, 2.24) is 15.6 Å². The van der Waals surface area contributed by atoms with Crippen LogP contribution in [0.2, 0.25) is 15.1 Å². The first-order valence-corrected chi connectivity index (χ1v) is 8.94. The molecule has 1 aromatic carbocycles. The van der Waals surface area contributed by atoms with Gasteiger partial charge in [0.1, 0.15) is 11.4 Å². The summed E-state index contributed by atoms with van der Waals surface area (Å²) in [7, 11) is 0. The minimum Gasteiger partial charge on any atom is -0.484 e. The molecule has 2 rings (SSSR count). The van der Waals surface area contributed by atoms with E-state index in [1.165, 1.54) is 18.3 Å². The summed E-state index contributed by atoms with van der Waals surface area (Å²) >= 11 is 17.4. The van der Waals surface area contributed by atoms with Crippen molar-refractivity contribution < 1.29 is 14.3 Å². The quantitative estimate of drug-likeness (QED) is 0.669. The Hall–Kier alpha value is -2.28. The van der Waals surface area contributed by atoms with Gasteiger partial charge in [0.25, 0.3) is 11.8 Å². The van der Waals surface area contributed by atoms with Gasteiger partial charge in [-0.25, -0.2) is 4.98 Å². The van der Waals surface area contributed by atoms with Crippen molar-refractivity contribution in [2.45, 2.75) is 6.42 Å². The summed E-state index contributed by atoms with van der Waals surface area (Å²) in [5.74, 6) is -0.293. The fourth-order valence-electron chi connectivity index (χ4n) is 1.94. The maximum absolute atomic E-state index is 11.9. The highest BCUT2D eigenvalue weighted by molar-refractivity contribution is 6.42. The Labute approximate surface area is 171 Å². The van der Waals surface area contributed by atoms with Crippen LogP contribution in [0.3, 0.4) is 0 Å². The van der Waals surface area contributed by atoms with E-state index in [1.807, 2.05) is 0 Å². The maximum atomic E-state index is 11.9. The molecule has 0 unspecified atom stereocenters. The third-order valence-electron chi connectivity index (χ3n) is 3.25. The SMILES string of the molecule is C=C(CCNC(=O)c1ccc(Cl)cn1)NC(=O)COc1ccc(Cl)c(Cl)c1. The molecule has 142 valence electrons. The van der Waals surface area contributed by atoms with E-state index >= 15 is 0 Å². The van der Waals surface area contributed by atoms with Crippen molar-refractivity contribution in [2.75, 3.05) is 13.2 Å². The number of nitrogens with zero attached hydrogens (tertiary/aromatic N) is 1. The van der Waals surface area contributed by atoms with Gasteiger partial charge in [0.2, 0.25) is 0 Å². The molecule has 0 aliphatic carbocycles. The second kappa shape index (κ2) is 10.2. The first-order valence-electron chi connectivity index (χ1n) is 7.80. The summed E-state index contributed by atoms with van der Waals surface area (Å²) in [6.45, 7) is 3.82. The zero-order valence-electron chi connectivity index (χ0n) is 14.1. The third-order valence-corrected chi connectivity index (χ3v) is 4.21. The summed E-state index contributed by atoms with van der Waals surface area (Å²) in [5.41, 5.74) is 0.700. The van der Waals surface area contributed by atoms with Crippen LogP contribution in [-0.2, 0) is 4.79 Å². The average Bonchev–Trinajstić information content (AvgIpc) is 2.63. The molecule has 2 amide bonds. The number of nitrogens with one attached hydrogen (secondary N) is 2. The Bertz CT molecular complexity index is 841. The lowest BCUT2D eigenvalue weighted by molar-refractivity contribution is -0.122. The van der Waals surface area contributed by atoms with E-state index in [9.17, 15) is 9.59 Å². The number of ether oxygens (including phenoxy) is 1. The van der Waals surface area contributed by atoms with Gasteiger partial charge in [-0.3, -0.25) is 9.59 Å². The second-order valence-corrected chi connectivity index (χ2v) is 6.63. The van der Waals surface area contributed by atoms with Gasteiger partial charge in [-0.1, -0.05) is 41.4 Å². The number of benzene rings is 1. The van der Waals surface area contributed by atoms with E-state index < -0.39 is 0 Å². The van der Waals surface area contributed by atoms with Crippen molar-refractivity contribution in [1.29, 1.82) is 0 Å². The summed E-state index contributed by atoms with van der Waals surface area (Å²) in [4.78, 5) is 27.7. The van der Waals surface area contributed by atoms with Crippen molar-refractivity contribution in [3.05, 3.63) is 69.6 Å². The summed E-state index contributed by atoms with van der Waals surface area (Å²) < 4.78 is 5.33. The molecule has 0 radical (unpaired) electrons. The molecule has 1 aromatic heterocycles. The molecule has 0 aliphatic heterocycles. The molecule has 2 N–H and O–H groups in total. The van der Waals surface area contributed by atoms with Crippen LogP contribution in [0.1, 0.15) is 16.9 Å². The van der Waals surface area contributed by atoms with Crippen LogP contribution in [0, 0.1) is 0 Å². The normalized spacial score (nSPS) is 10.2. The number of rotatable bonds is 8. The van der Waals surface area contributed by atoms with Gasteiger partial charge in [-0.05, 0) is 24.3 Å². The minimum absolute atomic E-state index is 0.210. The second-order valence-electron chi connectivity index (χ2n) is 5.38. The van der Waals surface area contributed by atoms with Crippen LogP contribution in [0.4, 0.5) is 0 Å². The molecule has 1 heterocycles. The largest absolute Gasteiger partial charge is 0.484 e. The molecule has 0 saturated carbocycles. The van der Waals surface area contributed by atoms with Gasteiger partial charge >= 0.3 is 0 Å². The lowest BCUT2D eigenvalue weighted by atomic mass is 10.3. The van der Waals surface area contributed by atoms with Gasteiger partial charge in [0.05, 0.1) is 15.1 Å². The molecule has 0 bridgehead atoms. The van der Waals surface area contributed by atoms with Crippen LogP contribution in [0.5, 0.6) is 5.75 Å². The predicted octanol–water partition coefficient (Wildman–Crippen LogP) is 3.87. The van der Waals surface area contributed by atoms with Crippen molar-refractivity contribution in [3.8, 4) is 5.75 Å². The zero-order valence-corrected chi connectivity index (χ0v) is 16.4. The molecule has 9 heteroatoms. The van der Waals surface area contributed by atoms with E-state index in [0.717, 1.165) is 0 Å². The van der Waals surface area contributed by atoms with E-state index in [0.29, 0.717) is 32.9 Å². The van der Waals surface area contributed by atoms with Gasteiger partial charge in [-0.2, -0.15) is 0 Å². The molecule has 6 nitrogen and oxygen atoms in total. The number of halogens is 3. The Balaban J connectivity index is 1.68.